The Labute approximate surface area is 163 Å². The van der Waals surface area contributed by atoms with Gasteiger partial charge in [0, 0.05) is 45.2 Å². The van der Waals surface area contributed by atoms with Crippen LogP contribution in [0.3, 0.4) is 0 Å². The van der Waals surface area contributed by atoms with Gasteiger partial charge in [-0.15, -0.1) is 0 Å². The Balaban J connectivity index is 1.28. The van der Waals surface area contributed by atoms with E-state index in [2.05, 4.69) is 50.5 Å². The van der Waals surface area contributed by atoms with E-state index in [-0.39, 0.29) is 6.03 Å². The van der Waals surface area contributed by atoms with Gasteiger partial charge >= 0.3 is 6.03 Å². The van der Waals surface area contributed by atoms with Crippen molar-refractivity contribution >= 4 is 16.9 Å². The van der Waals surface area contributed by atoms with Crippen LogP contribution >= 0.6 is 0 Å². The van der Waals surface area contributed by atoms with Crippen LogP contribution in [0.5, 0.6) is 0 Å². The van der Waals surface area contributed by atoms with Crippen LogP contribution < -0.4 is 5.32 Å². The minimum Gasteiger partial charge on any atom is -0.332 e. The number of carbonyl (C=O) groups excluding carboxylic acids is 1. The number of piperazine rings is 1. The zero-order valence-corrected chi connectivity index (χ0v) is 16.4. The lowest BCUT2D eigenvalue weighted by molar-refractivity contribution is 0.135. The Morgan fingerprint density at radius 2 is 2.00 bits per heavy atom. The van der Waals surface area contributed by atoms with Crippen LogP contribution in [0.25, 0.3) is 10.9 Å². The molecule has 4 rings (SSSR count). The molecule has 2 amide bonds. The maximum atomic E-state index is 12.6. The largest absolute Gasteiger partial charge is 0.332 e. The Morgan fingerprint density at radius 1 is 1.18 bits per heavy atom. The van der Waals surface area contributed by atoms with E-state index in [1.54, 1.807) is 12.7 Å². The van der Waals surface area contributed by atoms with Gasteiger partial charge in [-0.25, -0.2) is 9.78 Å². The Bertz CT molecular complexity index is 940. The third-order valence-electron chi connectivity index (χ3n) is 5.26. The maximum Gasteiger partial charge on any atom is 0.317 e. The van der Waals surface area contributed by atoms with Gasteiger partial charge in [-0.2, -0.15) is 10.2 Å². The standard InChI is InChI=1S/C19H26N8O/c1-15-3-4-18-16(11-15)17(23-24(18)2)12-21-19(28)26-8-5-25(6-9-26)7-10-27-14-20-13-22-27/h3-4,11,13-14H,5-10,12H2,1-2H3,(H,21,28). The zero-order valence-electron chi connectivity index (χ0n) is 16.4. The summed E-state index contributed by atoms with van der Waals surface area (Å²) in [5.74, 6) is 0. The number of aromatic nitrogens is 5. The summed E-state index contributed by atoms with van der Waals surface area (Å²) >= 11 is 0. The van der Waals surface area contributed by atoms with Gasteiger partial charge in [0.1, 0.15) is 12.7 Å². The van der Waals surface area contributed by atoms with Crippen molar-refractivity contribution < 1.29 is 4.79 Å². The number of rotatable bonds is 5. The molecule has 0 unspecified atom stereocenters. The number of hydrogen-bond acceptors (Lipinski definition) is 5. The number of fused-ring (bicyclic) bond motifs is 1. The molecule has 148 valence electrons. The second kappa shape index (κ2) is 7.97. The molecule has 1 fully saturated rings. The summed E-state index contributed by atoms with van der Waals surface area (Å²) in [6.07, 6.45) is 3.28. The predicted octanol–water partition coefficient (Wildman–Crippen LogP) is 1.00. The molecular formula is C19H26N8O. The molecule has 1 saturated heterocycles. The minimum absolute atomic E-state index is 0.0256. The van der Waals surface area contributed by atoms with Gasteiger partial charge in [-0.05, 0) is 19.1 Å². The fourth-order valence-corrected chi connectivity index (χ4v) is 3.62. The lowest BCUT2D eigenvalue weighted by Gasteiger charge is -2.34. The maximum absolute atomic E-state index is 12.6. The second-order valence-corrected chi connectivity index (χ2v) is 7.24. The van der Waals surface area contributed by atoms with Gasteiger partial charge in [-0.3, -0.25) is 14.3 Å². The van der Waals surface area contributed by atoms with Crippen LogP contribution in [0.1, 0.15) is 11.3 Å². The number of carbonyl (C=O) groups is 1. The van der Waals surface area contributed by atoms with Crippen molar-refractivity contribution in [2.75, 3.05) is 32.7 Å². The summed E-state index contributed by atoms with van der Waals surface area (Å²) < 4.78 is 3.70. The highest BCUT2D eigenvalue weighted by atomic mass is 16.2. The third kappa shape index (κ3) is 3.99. The van der Waals surface area contributed by atoms with Crippen LogP contribution in [0, 0.1) is 6.92 Å². The molecule has 1 aromatic carbocycles. The summed E-state index contributed by atoms with van der Waals surface area (Å²) in [4.78, 5) is 20.8. The zero-order chi connectivity index (χ0) is 19.5. The first-order chi connectivity index (χ1) is 13.6. The highest BCUT2D eigenvalue weighted by Gasteiger charge is 2.21. The number of benzene rings is 1. The summed E-state index contributed by atoms with van der Waals surface area (Å²) in [6.45, 7) is 7.43. The first-order valence-electron chi connectivity index (χ1n) is 9.60. The van der Waals surface area contributed by atoms with E-state index < -0.39 is 0 Å². The van der Waals surface area contributed by atoms with Crippen LogP contribution in [0.15, 0.2) is 30.9 Å². The number of hydrogen-bond donors (Lipinski definition) is 1. The Kier molecular flexibility index (Phi) is 5.25. The first-order valence-corrected chi connectivity index (χ1v) is 9.60. The molecule has 0 aliphatic carbocycles. The van der Waals surface area contributed by atoms with Crippen molar-refractivity contribution in [1.29, 1.82) is 0 Å². The monoisotopic (exact) mass is 382 g/mol. The summed E-state index contributed by atoms with van der Waals surface area (Å²) in [6, 6.07) is 6.25. The van der Waals surface area contributed by atoms with Gasteiger partial charge in [0.2, 0.25) is 0 Å². The molecule has 0 radical (unpaired) electrons. The quantitative estimate of drug-likeness (QED) is 0.712. The molecule has 9 nitrogen and oxygen atoms in total. The van der Waals surface area contributed by atoms with Gasteiger partial charge in [0.25, 0.3) is 0 Å². The summed E-state index contributed by atoms with van der Waals surface area (Å²) in [7, 11) is 1.93. The predicted molar refractivity (Wildman–Crippen MR) is 106 cm³/mol. The molecule has 1 N–H and O–H groups in total. The van der Waals surface area contributed by atoms with Crippen LogP contribution in [-0.4, -0.2) is 73.1 Å². The molecule has 3 aromatic rings. The lowest BCUT2D eigenvalue weighted by atomic mass is 10.1. The van der Waals surface area contributed by atoms with Gasteiger partial charge < -0.3 is 10.2 Å². The van der Waals surface area contributed by atoms with E-state index in [1.807, 2.05) is 21.3 Å². The highest BCUT2D eigenvalue weighted by Crippen LogP contribution is 2.19. The van der Waals surface area contributed by atoms with Gasteiger partial charge in [0.05, 0.1) is 24.3 Å². The molecule has 0 saturated carbocycles. The van der Waals surface area contributed by atoms with Crippen LogP contribution in [0.4, 0.5) is 4.79 Å². The summed E-state index contributed by atoms with van der Waals surface area (Å²) in [5, 5.41) is 12.8. The molecule has 3 heterocycles. The van der Waals surface area contributed by atoms with Crippen molar-refractivity contribution in [3.63, 3.8) is 0 Å². The van der Waals surface area contributed by atoms with Crippen molar-refractivity contribution in [2.45, 2.75) is 20.0 Å². The fourth-order valence-electron chi connectivity index (χ4n) is 3.62. The van der Waals surface area contributed by atoms with E-state index in [4.69, 9.17) is 0 Å². The molecule has 1 aliphatic heterocycles. The van der Waals surface area contributed by atoms with E-state index in [0.717, 1.165) is 55.9 Å². The average molecular weight is 382 g/mol. The number of urea groups is 1. The topological polar surface area (TPSA) is 84.1 Å². The molecule has 9 heteroatoms. The number of aryl methyl sites for hydroxylation is 2. The molecular weight excluding hydrogens is 356 g/mol. The van der Waals surface area contributed by atoms with Crippen molar-refractivity contribution in [3.8, 4) is 0 Å². The normalized spacial score (nSPS) is 15.3. The fraction of sp³-hybridized carbons (Fsp3) is 0.474. The number of nitrogens with one attached hydrogen (secondary N) is 1. The van der Waals surface area contributed by atoms with E-state index >= 15 is 0 Å². The lowest BCUT2D eigenvalue weighted by Crippen LogP contribution is -2.52. The highest BCUT2D eigenvalue weighted by molar-refractivity contribution is 5.83. The molecule has 2 aromatic heterocycles. The van der Waals surface area contributed by atoms with Crippen LogP contribution in [0.2, 0.25) is 0 Å². The Morgan fingerprint density at radius 3 is 2.75 bits per heavy atom. The van der Waals surface area contributed by atoms with Gasteiger partial charge in [0.15, 0.2) is 0 Å². The molecule has 0 bridgehead atoms. The molecule has 28 heavy (non-hydrogen) atoms. The van der Waals surface area contributed by atoms with E-state index in [9.17, 15) is 4.79 Å². The summed E-state index contributed by atoms with van der Waals surface area (Å²) in [5.41, 5.74) is 3.17. The molecule has 0 spiro atoms. The first kappa shape index (κ1) is 18.4. The van der Waals surface area contributed by atoms with Crippen molar-refractivity contribution in [1.82, 2.24) is 39.7 Å². The van der Waals surface area contributed by atoms with Crippen molar-refractivity contribution in [3.05, 3.63) is 42.1 Å². The van der Waals surface area contributed by atoms with Gasteiger partial charge in [-0.1, -0.05) is 11.6 Å². The SMILES string of the molecule is Cc1ccc2c(c1)c(CNC(=O)N1CCN(CCn3cncn3)CC1)nn2C. The average Bonchev–Trinajstić information content (AvgIpc) is 3.33. The molecule has 1 aliphatic rings. The van der Waals surface area contributed by atoms with Crippen molar-refractivity contribution in [2.24, 2.45) is 7.05 Å². The smallest absolute Gasteiger partial charge is 0.317 e. The number of nitrogens with zero attached hydrogens (tertiary/aromatic N) is 7. The third-order valence-corrected chi connectivity index (χ3v) is 5.26. The van der Waals surface area contributed by atoms with E-state index in [0.29, 0.717) is 6.54 Å². The van der Waals surface area contributed by atoms with E-state index in [1.165, 1.54) is 5.56 Å². The number of amides is 2. The van der Waals surface area contributed by atoms with Crippen LogP contribution in [-0.2, 0) is 20.1 Å². The minimum atomic E-state index is -0.0256. The second-order valence-electron chi connectivity index (χ2n) is 7.24. The molecule has 0 atom stereocenters. The Hall–Kier alpha value is -2.94.